The van der Waals surface area contributed by atoms with E-state index in [4.69, 9.17) is 4.84 Å². The van der Waals surface area contributed by atoms with Gasteiger partial charge >= 0.3 is 0 Å². The minimum absolute atomic E-state index is 0.271. The Morgan fingerprint density at radius 2 is 1.50 bits per heavy atom. The van der Waals surface area contributed by atoms with Crippen molar-refractivity contribution in [2.24, 2.45) is 5.92 Å². The molecule has 2 N–H and O–H groups in total. The average molecular weight is 198 g/mol. The van der Waals surface area contributed by atoms with Crippen molar-refractivity contribution in [2.45, 2.75) is 57.6 Å². The van der Waals surface area contributed by atoms with Crippen LogP contribution in [0.3, 0.4) is 0 Å². The second-order valence-corrected chi connectivity index (χ2v) is 4.52. The molecule has 14 heavy (non-hydrogen) atoms. The highest BCUT2D eigenvalue weighted by Crippen LogP contribution is 2.25. The lowest BCUT2D eigenvalue weighted by molar-refractivity contribution is -0.0125. The van der Waals surface area contributed by atoms with Crippen LogP contribution in [0, 0.1) is 5.92 Å². The molecule has 1 heterocycles. The van der Waals surface area contributed by atoms with Gasteiger partial charge in [0.05, 0.1) is 6.67 Å². The third-order valence-corrected chi connectivity index (χ3v) is 3.41. The standard InChI is InChI=1S/C11H22N2O/c1-2-4-6-8-10(7-5-3-1)11-12-9-13-14-11/h10-13H,1-9H2. The van der Waals surface area contributed by atoms with E-state index < -0.39 is 0 Å². The summed E-state index contributed by atoms with van der Waals surface area (Å²) in [6, 6.07) is 0. The first-order valence-electron chi connectivity index (χ1n) is 6.09. The predicted octanol–water partition coefficient (Wildman–Crippen LogP) is 2.14. The molecule has 2 rings (SSSR count). The van der Waals surface area contributed by atoms with E-state index in [2.05, 4.69) is 10.8 Å². The summed E-state index contributed by atoms with van der Waals surface area (Å²) in [5, 5.41) is 3.36. The lowest BCUT2D eigenvalue weighted by atomic mass is 9.95. The summed E-state index contributed by atoms with van der Waals surface area (Å²) in [7, 11) is 0. The normalized spacial score (nSPS) is 32.1. The highest BCUT2D eigenvalue weighted by molar-refractivity contribution is 4.72. The second kappa shape index (κ2) is 5.69. The zero-order valence-corrected chi connectivity index (χ0v) is 8.93. The summed E-state index contributed by atoms with van der Waals surface area (Å²) >= 11 is 0. The van der Waals surface area contributed by atoms with Crippen molar-refractivity contribution in [1.29, 1.82) is 0 Å². The van der Waals surface area contributed by atoms with Gasteiger partial charge in [0, 0.05) is 5.92 Å². The van der Waals surface area contributed by atoms with E-state index in [1.165, 1.54) is 51.4 Å². The molecule has 0 aromatic heterocycles. The van der Waals surface area contributed by atoms with E-state index in [-0.39, 0.29) is 6.23 Å². The van der Waals surface area contributed by atoms with Gasteiger partial charge in [0.25, 0.3) is 0 Å². The van der Waals surface area contributed by atoms with Crippen molar-refractivity contribution in [3.8, 4) is 0 Å². The molecule has 1 aliphatic carbocycles. The Morgan fingerprint density at radius 3 is 2.07 bits per heavy atom. The van der Waals surface area contributed by atoms with Gasteiger partial charge in [0.2, 0.25) is 0 Å². The average Bonchev–Trinajstić information content (AvgIpc) is 2.75. The van der Waals surface area contributed by atoms with Crippen LogP contribution in [0.5, 0.6) is 0 Å². The fourth-order valence-corrected chi connectivity index (χ4v) is 2.55. The van der Waals surface area contributed by atoms with Gasteiger partial charge in [-0.05, 0) is 12.8 Å². The van der Waals surface area contributed by atoms with Gasteiger partial charge in [0.1, 0.15) is 6.23 Å². The molecule has 3 nitrogen and oxygen atoms in total. The second-order valence-electron chi connectivity index (χ2n) is 4.52. The number of hydroxylamine groups is 1. The Kier molecular flexibility index (Phi) is 4.22. The first-order chi connectivity index (χ1) is 6.97. The van der Waals surface area contributed by atoms with Crippen molar-refractivity contribution < 1.29 is 4.84 Å². The molecule has 2 fully saturated rings. The molecule has 1 atom stereocenters. The van der Waals surface area contributed by atoms with Crippen molar-refractivity contribution >= 4 is 0 Å². The first kappa shape index (κ1) is 10.4. The Morgan fingerprint density at radius 1 is 0.857 bits per heavy atom. The molecule has 1 aliphatic heterocycles. The number of hydrogen-bond donors (Lipinski definition) is 2. The van der Waals surface area contributed by atoms with E-state index in [1.54, 1.807) is 0 Å². The highest BCUT2D eigenvalue weighted by Gasteiger charge is 2.25. The Bertz CT molecular complexity index is 147. The maximum absolute atomic E-state index is 5.47. The van der Waals surface area contributed by atoms with Crippen molar-refractivity contribution in [3.63, 3.8) is 0 Å². The van der Waals surface area contributed by atoms with Gasteiger partial charge in [-0.15, -0.1) is 0 Å². The summed E-state index contributed by atoms with van der Waals surface area (Å²) < 4.78 is 0. The molecule has 1 saturated carbocycles. The summed E-state index contributed by atoms with van der Waals surface area (Å²) in [6.07, 6.45) is 11.4. The fourth-order valence-electron chi connectivity index (χ4n) is 2.55. The monoisotopic (exact) mass is 198 g/mol. The minimum Gasteiger partial charge on any atom is -0.281 e. The Hall–Kier alpha value is -0.120. The lowest BCUT2D eigenvalue weighted by Crippen LogP contribution is -2.31. The smallest absolute Gasteiger partial charge is 0.133 e. The quantitative estimate of drug-likeness (QED) is 0.677. The van der Waals surface area contributed by atoms with E-state index in [9.17, 15) is 0 Å². The summed E-state index contributed by atoms with van der Waals surface area (Å²) in [4.78, 5) is 5.47. The molecule has 3 heteroatoms. The Balaban J connectivity index is 1.80. The summed E-state index contributed by atoms with van der Waals surface area (Å²) in [5.74, 6) is 0.725. The molecule has 2 aliphatic rings. The van der Waals surface area contributed by atoms with Crippen LogP contribution in [-0.4, -0.2) is 12.9 Å². The van der Waals surface area contributed by atoms with Crippen molar-refractivity contribution in [1.82, 2.24) is 10.8 Å². The largest absolute Gasteiger partial charge is 0.281 e. The molecule has 1 unspecified atom stereocenters. The molecule has 0 aromatic rings. The number of rotatable bonds is 1. The van der Waals surface area contributed by atoms with Crippen LogP contribution in [0.2, 0.25) is 0 Å². The summed E-state index contributed by atoms with van der Waals surface area (Å²) in [5.41, 5.74) is 2.91. The molecule has 0 bridgehead atoms. The van der Waals surface area contributed by atoms with Gasteiger partial charge in [0.15, 0.2) is 0 Å². The minimum atomic E-state index is 0.271. The van der Waals surface area contributed by atoms with Crippen LogP contribution in [-0.2, 0) is 4.84 Å². The van der Waals surface area contributed by atoms with Crippen molar-refractivity contribution in [3.05, 3.63) is 0 Å². The van der Waals surface area contributed by atoms with Gasteiger partial charge in [-0.2, -0.15) is 5.48 Å². The maximum atomic E-state index is 5.47. The molecule has 0 amide bonds. The van der Waals surface area contributed by atoms with E-state index in [0.717, 1.165) is 12.6 Å². The van der Waals surface area contributed by atoms with E-state index in [0.29, 0.717) is 0 Å². The van der Waals surface area contributed by atoms with Gasteiger partial charge in [-0.25, -0.2) is 0 Å². The molecule has 0 spiro atoms. The molecule has 1 saturated heterocycles. The van der Waals surface area contributed by atoms with Crippen molar-refractivity contribution in [2.75, 3.05) is 6.67 Å². The predicted molar refractivity (Wildman–Crippen MR) is 56.4 cm³/mol. The summed E-state index contributed by atoms with van der Waals surface area (Å²) in [6.45, 7) is 0.807. The maximum Gasteiger partial charge on any atom is 0.133 e. The number of nitrogens with one attached hydrogen (secondary N) is 2. The SMILES string of the molecule is C1CCCCC(C2NCNO2)CCC1. The highest BCUT2D eigenvalue weighted by atomic mass is 16.7. The molecular weight excluding hydrogens is 176 g/mol. The third-order valence-electron chi connectivity index (χ3n) is 3.41. The number of hydrogen-bond acceptors (Lipinski definition) is 3. The molecule has 0 radical (unpaired) electrons. The zero-order valence-electron chi connectivity index (χ0n) is 8.93. The third kappa shape index (κ3) is 2.94. The van der Waals surface area contributed by atoms with E-state index >= 15 is 0 Å². The zero-order chi connectivity index (χ0) is 9.64. The van der Waals surface area contributed by atoms with E-state index in [1.807, 2.05) is 0 Å². The van der Waals surface area contributed by atoms with Crippen LogP contribution < -0.4 is 10.8 Å². The van der Waals surface area contributed by atoms with Crippen LogP contribution in [0.15, 0.2) is 0 Å². The van der Waals surface area contributed by atoms with Crippen LogP contribution in [0.1, 0.15) is 51.4 Å². The van der Waals surface area contributed by atoms with Gasteiger partial charge < -0.3 is 0 Å². The van der Waals surface area contributed by atoms with Crippen LogP contribution in [0.25, 0.3) is 0 Å². The first-order valence-corrected chi connectivity index (χ1v) is 6.09. The van der Waals surface area contributed by atoms with Crippen LogP contribution >= 0.6 is 0 Å². The fraction of sp³-hybridized carbons (Fsp3) is 1.00. The van der Waals surface area contributed by atoms with Crippen LogP contribution in [0.4, 0.5) is 0 Å². The molecule has 0 aromatic carbocycles. The molecular formula is C11H22N2O. The topological polar surface area (TPSA) is 33.3 Å². The van der Waals surface area contributed by atoms with Gasteiger partial charge in [-0.1, -0.05) is 38.5 Å². The van der Waals surface area contributed by atoms with Gasteiger partial charge in [-0.3, -0.25) is 10.2 Å². The lowest BCUT2D eigenvalue weighted by Gasteiger charge is -2.21. The molecule has 82 valence electrons. The Labute approximate surface area is 86.5 Å².